The Morgan fingerprint density at radius 3 is 2.95 bits per heavy atom. The molecule has 1 fully saturated rings. The normalized spacial score (nSPS) is 33.4. The molecular formula is C17H22N2O. The fourth-order valence-corrected chi connectivity index (χ4v) is 4.57. The number of likely N-dealkylation sites (tertiary alicyclic amines) is 1. The zero-order chi connectivity index (χ0) is 13.9. The Bertz CT molecular complexity index is 647. The van der Waals surface area contributed by atoms with Crippen molar-refractivity contribution >= 4 is 10.9 Å². The number of nitrogens with zero attached hydrogens (tertiary/aromatic N) is 1. The molecule has 4 rings (SSSR count). The first kappa shape index (κ1) is 12.4. The summed E-state index contributed by atoms with van der Waals surface area (Å²) < 4.78 is 0. The third-order valence-electron chi connectivity index (χ3n) is 5.49. The van der Waals surface area contributed by atoms with Crippen LogP contribution in [0.5, 0.6) is 0 Å². The highest BCUT2D eigenvalue weighted by molar-refractivity contribution is 5.85. The topological polar surface area (TPSA) is 39.3 Å². The minimum Gasteiger partial charge on any atom is -0.387 e. The molecule has 2 bridgehead atoms. The quantitative estimate of drug-likeness (QED) is 0.835. The molecule has 3 heteroatoms. The van der Waals surface area contributed by atoms with Crippen LogP contribution in [0.2, 0.25) is 0 Å². The SMILES string of the molecule is CCC1[C@@H]2CCN(C)[C@H]1c1c([nH]c3ccccc13)[C@H]2O. The summed E-state index contributed by atoms with van der Waals surface area (Å²) in [7, 11) is 2.23. The van der Waals surface area contributed by atoms with E-state index in [2.05, 4.69) is 48.1 Å². The molecule has 106 valence electrons. The Morgan fingerprint density at radius 1 is 1.35 bits per heavy atom. The van der Waals surface area contributed by atoms with Crippen molar-refractivity contribution in [3.8, 4) is 0 Å². The first-order valence-corrected chi connectivity index (χ1v) is 7.71. The van der Waals surface area contributed by atoms with E-state index in [4.69, 9.17) is 0 Å². The number of benzene rings is 1. The maximum Gasteiger partial charge on any atom is 0.0973 e. The van der Waals surface area contributed by atoms with Gasteiger partial charge in [0.2, 0.25) is 0 Å². The molecule has 0 saturated carbocycles. The van der Waals surface area contributed by atoms with Crippen LogP contribution in [0, 0.1) is 11.8 Å². The van der Waals surface area contributed by atoms with Gasteiger partial charge in [-0.1, -0.05) is 31.5 Å². The van der Waals surface area contributed by atoms with E-state index in [1.807, 2.05) is 0 Å². The van der Waals surface area contributed by atoms with Crippen molar-refractivity contribution in [2.45, 2.75) is 31.9 Å². The van der Waals surface area contributed by atoms with Gasteiger partial charge in [-0.15, -0.1) is 0 Å². The van der Waals surface area contributed by atoms with Crippen molar-refractivity contribution < 1.29 is 5.11 Å². The van der Waals surface area contributed by atoms with Crippen molar-refractivity contribution in [3.63, 3.8) is 0 Å². The number of aromatic nitrogens is 1. The van der Waals surface area contributed by atoms with Crippen LogP contribution >= 0.6 is 0 Å². The molecule has 2 heterocycles. The number of aliphatic hydroxyl groups is 1. The van der Waals surface area contributed by atoms with Crippen LogP contribution in [0.15, 0.2) is 24.3 Å². The lowest BCUT2D eigenvalue weighted by Gasteiger charge is -2.49. The summed E-state index contributed by atoms with van der Waals surface area (Å²) in [6, 6.07) is 8.91. The molecule has 4 atom stereocenters. The first-order valence-electron chi connectivity index (χ1n) is 7.71. The summed E-state index contributed by atoms with van der Waals surface area (Å²) in [5, 5.41) is 12.1. The van der Waals surface area contributed by atoms with Crippen LogP contribution in [0.25, 0.3) is 10.9 Å². The number of hydrogen-bond donors (Lipinski definition) is 2. The molecule has 2 aromatic rings. The maximum absolute atomic E-state index is 10.8. The predicted molar refractivity (Wildman–Crippen MR) is 80.5 cm³/mol. The highest BCUT2D eigenvalue weighted by Gasteiger charge is 2.47. The van der Waals surface area contributed by atoms with Gasteiger partial charge in [-0.05, 0) is 37.9 Å². The number of aromatic amines is 1. The van der Waals surface area contributed by atoms with Crippen LogP contribution in [-0.4, -0.2) is 28.6 Å². The fourth-order valence-electron chi connectivity index (χ4n) is 4.57. The summed E-state index contributed by atoms with van der Waals surface area (Å²) in [4.78, 5) is 5.96. The summed E-state index contributed by atoms with van der Waals surface area (Å²) in [5.41, 5.74) is 3.57. The zero-order valence-electron chi connectivity index (χ0n) is 12.1. The van der Waals surface area contributed by atoms with Crippen LogP contribution < -0.4 is 0 Å². The van der Waals surface area contributed by atoms with Gasteiger partial charge in [0.25, 0.3) is 0 Å². The summed E-state index contributed by atoms with van der Waals surface area (Å²) >= 11 is 0. The van der Waals surface area contributed by atoms with E-state index in [0.29, 0.717) is 17.9 Å². The Morgan fingerprint density at radius 2 is 2.15 bits per heavy atom. The van der Waals surface area contributed by atoms with Gasteiger partial charge >= 0.3 is 0 Å². The van der Waals surface area contributed by atoms with E-state index in [0.717, 1.165) is 30.6 Å². The van der Waals surface area contributed by atoms with Crippen molar-refractivity contribution in [2.24, 2.45) is 11.8 Å². The lowest BCUT2D eigenvalue weighted by atomic mass is 9.67. The van der Waals surface area contributed by atoms with Crippen LogP contribution in [0.3, 0.4) is 0 Å². The number of H-pyrrole nitrogens is 1. The molecule has 1 saturated heterocycles. The van der Waals surface area contributed by atoms with Gasteiger partial charge in [0.1, 0.15) is 0 Å². The largest absolute Gasteiger partial charge is 0.387 e. The van der Waals surface area contributed by atoms with E-state index in [-0.39, 0.29) is 6.10 Å². The molecule has 20 heavy (non-hydrogen) atoms. The lowest BCUT2D eigenvalue weighted by molar-refractivity contribution is -0.0322. The second-order valence-electron chi connectivity index (χ2n) is 6.39. The minimum atomic E-state index is -0.327. The average Bonchev–Trinajstić information content (AvgIpc) is 2.85. The number of aliphatic hydroxyl groups excluding tert-OH is 1. The standard InChI is InChI=1S/C17H22N2O/c1-3-10-11-8-9-19(2)16(10)14-12-6-4-5-7-13(12)18-15(14)17(11)20/h4-7,10-11,16-18,20H,3,8-9H2,1-2H3/t10?,11-,16+,17-/m0/s1. The van der Waals surface area contributed by atoms with Crippen LogP contribution in [0.4, 0.5) is 0 Å². The predicted octanol–water partition coefficient (Wildman–Crippen LogP) is 3.23. The summed E-state index contributed by atoms with van der Waals surface area (Å²) in [6.07, 6.45) is 1.91. The Kier molecular flexibility index (Phi) is 2.69. The van der Waals surface area contributed by atoms with E-state index in [9.17, 15) is 5.11 Å². The molecule has 1 aliphatic carbocycles. The molecular weight excluding hydrogens is 248 g/mol. The first-order chi connectivity index (χ1) is 9.72. The van der Waals surface area contributed by atoms with Gasteiger partial charge in [0.15, 0.2) is 0 Å². The number of nitrogens with one attached hydrogen (secondary N) is 1. The van der Waals surface area contributed by atoms with Gasteiger partial charge in [-0.25, -0.2) is 0 Å². The number of para-hydroxylation sites is 1. The smallest absolute Gasteiger partial charge is 0.0973 e. The molecule has 3 nitrogen and oxygen atoms in total. The summed E-state index contributed by atoms with van der Waals surface area (Å²) in [6.45, 7) is 3.35. The van der Waals surface area contributed by atoms with Gasteiger partial charge in [0.05, 0.1) is 11.8 Å². The Balaban J connectivity index is 2.00. The van der Waals surface area contributed by atoms with Crippen molar-refractivity contribution in [1.29, 1.82) is 0 Å². The molecule has 0 radical (unpaired) electrons. The number of fused-ring (bicyclic) bond motifs is 6. The molecule has 1 aliphatic heterocycles. The summed E-state index contributed by atoms with van der Waals surface area (Å²) in [5.74, 6) is 0.970. The van der Waals surface area contributed by atoms with E-state index in [1.165, 1.54) is 10.9 Å². The van der Waals surface area contributed by atoms with Crippen molar-refractivity contribution in [3.05, 3.63) is 35.5 Å². The number of hydrogen-bond acceptors (Lipinski definition) is 2. The molecule has 1 unspecified atom stereocenters. The Labute approximate surface area is 119 Å². The Hall–Kier alpha value is -1.32. The second kappa shape index (κ2) is 4.34. The highest BCUT2D eigenvalue weighted by Crippen LogP contribution is 2.53. The van der Waals surface area contributed by atoms with Crippen LogP contribution in [0.1, 0.15) is 43.2 Å². The minimum absolute atomic E-state index is 0.327. The van der Waals surface area contributed by atoms with E-state index < -0.39 is 0 Å². The van der Waals surface area contributed by atoms with Gasteiger partial charge in [0, 0.05) is 22.5 Å². The second-order valence-corrected chi connectivity index (χ2v) is 6.39. The average molecular weight is 270 g/mol. The van der Waals surface area contributed by atoms with Crippen molar-refractivity contribution in [1.82, 2.24) is 9.88 Å². The van der Waals surface area contributed by atoms with E-state index in [1.54, 1.807) is 0 Å². The highest BCUT2D eigenvalue weighted by atomic mass is 16.3. The molecule has 2 aliphatic rings. The van der Waals surface area contributed by atoms with Gasteiger partial charge < -0.3 is 10.1 Å². The molecule has 1 aromatic carbocycles. The van der Waals surface area contributed by atoms with Crippen LogP contribution in [-0.2, 0) is 0 Å². The van der Waals surface area contributed by atoms with Crippen molar-refractivity contribution in [2.75, 3.05) is 13.6 Å². The number of piperidine rings is 1. The molecule has 0 spiro atoms. The maximum atomic E-state index is 10.8. The monoisotopic (exact) mass is 270 g/mol. The number of rotatable bonds is 1. The lowest BCUT2D eigenvalue weighted by Crippen LogP contribution is -2.46. The van der Waals surface area contributed by atoms with Gasteiger partial charge in [-0.3, -0.25) is 4.90 Å². The molecule has 2 N–H and O–H groups in total. The fraction of sp³-hybridized carbons (Fsp3) is 0.529. The van der Waals surface area contributed by atoms with Gasteiger partial charge in [-0.2, -0.15) is 0 Å². The molecule has 0 amide bonds. The third kappa shape index (κ3) is 1.48. The van der Waals surface area contributed by atoms with E-state index >= 15 is 0 Å². The third-order valence-corrected chi connectivity index (χ3v) is 5.49. The zero-order valence-corrected chi connectivity index (χ0v) is 12.1. The molecule has 1 aromatic heterocycles.